The highest BCUT2D eigenvalue weighted by Crippen LogP contribution is 2.21. The summed E-state index contributed by atoms with van der Waals surface area (Å²) >= 11 is 0. The van der Waals surface area contributed by atoms with E-state index in [0.717, 1.165) is 24.3 Å². The van der Waals surface area contributed by atoms with Gasteiger partial charge in [0.2, 0.25) is 9.84 Å². The second kappa shape index (κ2) is 5.97. The highest BCUT2D eigenvalue weighted by atomic mass is 32.2. The minimum Gasteiger partial charge on any atom is -0.280 e. The van der Waals surface area contributed by atoms with Crippen LogP contribution in [0, 0.1) is 0 Å². The van der Waals surface area contributed by atoms with Gasteiger partial charge in [-0.1, -0.05) is 0 Å². The van der Waals surface area contributed by atoms with Crippen LogP contribution in [0.1, 0.15) is 0 Å². The first kappa shape index (κ1) is 16.3. The fourth-order valence-corrected chi connectivity index (χ4v) is 3.33. The molecule has 2 rings (SSSR count). The molecule has 1 aromatic heterocycles. The topological polar surface area (TPSA) is 93.2 Å². The van der Waals surface area contributed by atoms with Gasteiger partial charge in [0.25, 0.3) is 10.0 Å². The fraction of sp³-hybridized carbons (Fsp3) is 0.0833. The normalized spacial score (nSPS) is 12.3. The third-order valence-corrected chi connectivity index (χ3v) is 5.43. The van der Waals surface area contributed by atoms with Crippen LogP contribution in [0.5, 0.6) is 0 Å². The number of aromatic nitrogens is 1. The molecule has 0 unspecified atom stereocenters. The number of nitrogens with one attached hydrogen (secondary N) is 1. The van der Waals surface area contributed by atoms with Gasteiger partial charge in [0, 0.05) is 12.4 Å². The minimum absolute atomic E-state index is 0.252. The summed E-state index contributed by atoms with van der Waals surface area (Å²) in [5.41, 5.74) is 0.263. The summed E-state index contributed by atoms with van der Waals surface area (Å²) in [7, 11) is -8.71. The predicted molar refractivity (Wildman–Crippen MR) is 74.7 cm³/mol. The molecule has 0 amide bonds. The first-order chi connectivity index (χ1) is 10.2. The van der Waals surface area contributed by atoms with Crippen LogP contribution in [-0.4, -0.2) is 27.6 Å². The summed E-state index contributed by atoms with van der Waals surface area (Å²) in [6.07, 6.45) is 2.77. The number of hydrogen-bond acceptors (Lipinski definition) is 5. The number of hydrogen-bond donors (Lipinski definition) is 1. The highest BCUT2D eigenvalue weighted by molar-refractivity contribution is 7.93. The molecule has 0 aliphatic heterocycles. The lowest BCUT2D eigenvalue weighted by Crippen LogP contribution is -2.14. The minimum atomic E-state index is -4.75. The molecule has 0 aliphatic rings. The Morgan fingerprint density at radius 2 is 1.36 bits per heavy atom. The van der Waals surface area contributed by atoms with Gasteiger partial charge in [0.15, 0.2) is 0 Å². The maximum atomic E-state index is 12.4. The first-order valence-electron chi connectivity index (χ1n) is 5.78. The van der Waals surface area contributed by atoms with Crippen molar-refractivity contribution >= 4 is 25.5 Å². The van der Waals surface area contributed by atoms with Gasteiger partial charge in [-0.25, -0.2) is 16.8 Å². The molecule has 0 bridgehead atoms. The number of sulfone groups is 1. The smallest absolute Gasteiger partial charge is 0.280 e. The number of sulfonamides is 1. The maximum absolute atomic E-state index is 12.4. The predicted octanol–water partition coefficient (Wildman–Crippen LogP) is 1.88. The quantitative estimate of drug-likeness (QED) is 0.890. The van der Waals surface area contributed by atoms with Gasteiger partial charge in [-0.05, 0) is 36.4 Å². The Morgan fingerprint density at radius 1 is 0.864 bits per heavy atom. The fourth-order valence-electron chi connectivity index (χ4n) is 1.55. The molecular formula is C12H10F2N2O4S2. The van der Waals surface area contributed by atoms with Gasteiger partial charge in [-0.2, -0.15) is 8.78 Å². The summed E-state index contributed by atoms with van der Waals surface area (Å²) < 4.78 is 73.7. The van der Waals surface area contributed by atoms with Crippen LogP contribution in [-0.2, 0) is 19.9 Å². The van der Waals surface area contributed by atoms with Crippen molar-refractivity contribution in [3.05, 3.63) is 48.8 Å². The zero-order chi connectivity index (χ0) is 16.4. The lowest BCUT2D eigenvalue weighted by molar-refractivity contribution is 0.234. The first-order valence-corrected chi connectivity index (χ1v) is 8.81. The Hall–Kier alpha value is -2.07. The van der Waals surface area contributed by atoms with Gasteiger partial charge in [-0.3, -0.25) is 9.71 Å². The molecule has 6 nitrogen and oxygen atoms in total. The Labute approximate surface area is 125 Å². The molecule has 1 aromatic carbocycles. The van der Waals surface area contributed by atoms with Gasteiger partial charge in [0.1, 0.15) is 0 Å². The molecule has 1 N–H and O–H groups in total. The van der Waals surface area contributed by atoms with Gasteiger partial charge in [0.05, 0.1) is 15.5 Å². The number of halogens is 2. The molecule has 1 heterocycles. The summed E-state index contributed by atoms with van der Waals surface area (Å²) in [5.74, 6) is -3.56. The van der Waals surface area contributed by atoms with E-state index in [1.165, 1.54) is 24.5 Å². The van der Waals surface area contributed by atoms with E-state index in [1.807, 2.05) is 0 Å². The monoisotopic (exact) mass is 348 g/mol. The van der Waals surface area contributed by atoms with Crippen molar-refractivity contribution in [3.8, 4) is 0 Å². The van der Waals surface area contributed by atoms with E-state index in [2.05, 4.69) is 9.71 Å². The molecule has 0 saturated carbocycles. The Morgan fingerprint density at radius 3 is 1.86 bits per heavy atom. The number of rotatable bonds is 5. The van der Waals surface area contributed by atoms with Crippen LogP contribution in [0.4, 0.5) is 14.5 Å². The Balaban J connectivity index is 2.31. The van der Waals surface area contributed by atoms with E-state index >= 15 is 0 Å². The number of anilines is 1. The van der Waals surface area contributed by atoms with E-state index in [0.29, 0.717) is 0 Å². The molecule has 0 fully saturated rings. The van der Waals surface area contributed by atoms with Crippen LogP contribution >= 0.6 is 0 Å². The lowest BCUT2D eigenvalue weighted by Gasteiger charge is -2.08. The largest absolute Gasteiger partial charge is 0.341 e. The van der Waals surface area contributed by atoms with Crippen LogP contribution in [0.3, 0.4) is 0 Å². The molecule has 0 aliphatic carbocycles. The van der Waals surface area contributed by atoms with Crippen molar-refractivity contribution in [3.63, 3.8) is 0 Å². The molecular weight excluding hydrogens is 338 g/mol. The standard InChI is InChI=1S/C12H10F2N2O4S2/c13-12(14)21(17,18)10-1-3-11(4-2-10)22(19,20)16-9-5-7-15-8-6-9/h1-8,12H,(H,15,16). The van der Waals surface area contributed by atoms with Crippen molar-refractivity contribution < 1.29 is 25.6 Å². The second-order valence-corrected chi connectivity index (χ2v) is 7.72. The Bertz CT molecular complexity index is 852. The molecule has 2 aromatic rings. The lowest BCUT2D eigenvalue weighted by atomic mass is 10.4. The number of pyridine rings is 1. The van der Waals surface area contributed by atoms with Crippen LogP contribution in [0.25, 0.3) is 0 Å². The molecule has 0 atom stereocenters. The highest BCUT2D eigenvalue weighted by Gasteiger charge is 2.27. The van der Waals surface area contributed by atoms with Gasteiger partial charge < -0.3 is 0 Å². The van der Waals surface area contributed by atoms with Crippen molar-refractivity contribution in [1.82, 2.24) is 4.98 Å². The molecule has 0 radical (unpaired) electrons. The SMILES string of the molecule is O=S(=O)(Nc1ccncc1)c1ccc(S(=O)(=O)C(F)F)cc1. The zero-order valence-electron chi connectivity index (χ0n) is 10.8. The maximum Gasteiger partial charge on any atom is 0.341 e. The van der Waals surface area contributed by atoms with E-state index in [-0.39, 0.29) is 10.6 Å². The van der Waals surface area contributed by atoms with E-state index in [4.69, 9.17) is 0 Å². The third kappa shape index (κ3) is 3.39. The second-order valence-electron chi connectivity index (χ2n) is 4.12. The summed E-state index contributed by atoms with van der Waals surface area (Å²) in [6, 6.07) is 6.38. The number of alkyl halides is 2. The van der Waals surface area contributed by atoms with Crippen molar-refractivity contribution in [2.45, 2.75) is 15.5 Å². The third-order valence-electron chi connectivity index (χ3n) is 2.63. The van der Waals surface area contributed by atoms with Gasteiger partial charge in [-0.15, -0.1) is 0 Å². The van der Waals surface area contributed by atoms with Gasteiger partial charge >= 0.3 is 5.76 Å². The average molecular weight is 348 g/mol. The van der Waals surface area contributed by atoms with Crippen molar-refractivity contribution in [2.75, 3.05) is 4.72 Å². The van der Waals surface area contributed by atoms with E-state index < -0.39 is 30.5 Å². The number of nitrogens with zero attached hydrogens (tertiary/aromatic N) is 1. The van der Waals surface area contributed by atoms with Crippen LogP contribution in [0.15, 0.2) is 58.6 Å². The summed E-state index contributed by atoms with van der Waals surface area (Å²) in [4.78, 5) is 2.83. The molecule has 22 heavy (non-hydrogen) atoms. The molecule has 0 spiro atoms. The Kier molecular flexibility index (Phi) is 4.42. The summed E-state index contributed by atoms with van der Waals surface area (Å²) in [5, 5.41) is 0. The zero-order valence-corrected chi connectivity index (χ0v) is 12.5. The van der Waals surface area contributed by atoms with E-state index in [9.17, 15) is 25.6 Å². The van der Waals surface area contributed by atoms with Crippen molar-refractivity contribution in [1.29, 1.82) is 0 Å². The van der Waals surface area contributed by atoms with Crippen molar-refractivity contribution in [2.24, 2.45) is 0 Å². The molecule has 0 saturated heterocycles. The molecule has 10 heteroatoms. The summed E-state index contributed by atoms with van der Waals surface area (Å²) in [6.45, 7) is 0. The average Bonchev–Trinajstić information content (AvgIpc) is 2.48. The molecule has 118 valence electrons. The van der Waals surface area contributed by atoms with E-state index in [1.54, 1.807) is 0 Å². The van der Waals surface area contributed by atoms with Crippen LogP contribution < -0.4 is 4.72 Å². The number of benzene rings is 1. The van der Waals surface area contributed by atoms with Crippen LogP contribution in [0.2, 0.25) is 0 Å².